The second-order valence-corrected chi connectivity index (χ2v) is 6.26. The largest absolute Gasteiger partial charge is 0.355 e. The molecule has 1 N–H and O–H groups in total. The molecule has 4 aromatic rings. The summed E-state index contributed by atoms with van der Waals surface area (Å²) in [6.07, 6.45) is 8.07. The Bertz CT molecular complexity index is 1040. The Balaban J connectivity index is 1.40. The SMILES string of the molecule is O=C(Cc1cc2cnn(-c3ccncc3)c2cn1)NCCc1ccccc1. The Hall–Kier alpha value is -3.54. The van der Waals surface area contributed by atoms with Crippen molar-refractivity contribution in [2.45, 2.75) is 12.8 Å². The van der Waals surface area contributed by atoms with Crippen LogP contribution in [0.15, 0.2) is 73.3 Å². The average molecular weight is 357 g/mol. The highest BCUT2D eigenvalue weighted by Crippen LogP contribution is 2.18. The van der Waals surface area contributed by atoms with Gasteiger partial charge in [0.05, 0.1) is 35.7 Å². The van der Waals surface area contributed by atoms with Gasteiger partial charge in [0.1, 0.15) is 0 Å². The van der Waals surface area contributed by atoms with E-state index >= 15 is 0 Å². The summed E-state index contributed by atoms with van der Waals surface area (Å²) in [5, 5.41) is 8.32. The fourth-order valence-electron chi connectivity index (χ4n) is 2.98. The molecule has 0 bridgehead atoms. The maximum absolute atomic E-state index is 12.2. The molecule has 0 radical (unpaired) electrons. The summed E-state index contributed by atoms with van der Waals surface area (Å²) in [6.45, 7) is 0.616. The quantitative estimate of drug-likeness (QED) is 0.576. The van der Waals surface area contributed by atoms with E-state index in [0.717, 1.165) is 28.7 Å². The van der Waals surface area contributed by atoms with Gasteiger partial charge in [-0.05, 0) is 30.2 Å². The number of rotatable bonds is 6. The maximum atomic E-state index is 12.2. The summed E-state index contributed by atoms with van der Waals surface area (Å²) < 4.78 is 1.81. The normalized spacial score (nSPS) is 10.8. The number of carbonyl (C=O) groups is 1. The summed E-state index contributed by atoms with van der Waals surface area (Å²) in [4.78, 5) is 20.6. The fourth-order valence-corrected chi connectivity index (χ4v) is 2.98. The molecule has 134 valence electrons. The van der Waals surface area contributed by atoms with Gasteiger partial charge in [-0.15, -0.1) is 0 Å². The number of fused-ring (bicyclic) bond motifs is 1. The zero-order valence-electron chi connectivity index (χ0n) is 14.7. The molecule has 6 nitrogen and oxygen atoms in total. The smallest absolute Gasteiger partial charge is 0.226 e. The van der Waals surface area contributed by atoms with E-state index in [-0.39, 0.29) is 12.3 Å². The van der Waals surface area contributed by atoms with Crippen molar-refractivity contribution in [3.63, 3.8) is 0 Å². The van der Waals surface area contributed by atoms with E-state index in [1.54, 1.807) is 24.8 Å². The van der Waals surface area contributed by atoms with Crippen LogP contribution < -0.4 is 5.32 Å². The molecule has 0 saturated heterocycles. The predicted octanol–water partition coefficient (Wildman–Crippen LogP) is 2.72. The van der Waals surface area contributed by atoms with E-state index in [4.69, 9.17) is 0 Å². The number of benzene rings is 1. The van der Waals surface area contributed by atoms with Crippen LogP contribution >= 0.6 is 0 Å². The van der Waals surface area contributed by atoms with Crippen molar-refractivity contribution in [3.05, 3.63) is 84.6 Å². The van der Waals surface area contributed by atoms with Crippen molar-refractivity contribution in [3.8, 4) is 5.69 Å². The molecule has 0 aliphatic rings. The van der Waals surface area contributed by atoms with Gasteiger partial charge in [-0.1, -0.05) is 30.3 Å². The highest BCUT2D eigenvalue weighted by molar-refractivity contribution is 5.82. The van der Waals surface area contributed by atoms with E-state index in [0.29, 0.717) is 6.54 Å². The van der Waals surface area contributed by atoms with Gasteiger partial charge in [0.25, 0.3) is 0 Å². The fraction of sp³-hybridized carbons (Fsp3) is 0.143. The molecule has 6 heteroatoms. The standard InChI is InChI=1S/C21H19N5O/c27-21(23-11-6-16-4-2-1-3-5-16)13-18-12-17-14-25-26(20(17)15-24-18)19-7-9-22-10-8-19/h1-5,7-10,12,14-15H,6,11,13H2,(H,23,27). The van der Waals surface area contributed by atoms with Gasteiger partial charge in [-0.3, -0.25) is 14.8 Å². The van der Waals surface area contributed by atoms with Crippen molar-refractivity contribution in [1.29, 1.82) is 0 Å². The van der Waals surface area contributed by atoms with E-state index < -0.39 is 0 Å². The molecule has 0 aliphatic carbocycles. The summed E-state index contributed by atoms with van der Waals surface area (Å²) in [5.74, 6) is -0.0284. The molecule has 1 aromatic carbocycles. The molecule has 0 saturated carbocycles. The lowest BCUT2D eigenvalue weighted by Gasteiger charge is -2.06. The number of nitrogens with zero attached hydrogens (tertiary/aromatic N) is 4. The first-order valence-electron chi connectivity index (χ1n) is 8.83. The van der Waals surface area contributed by atoms with Crippen LogP contribution in [0.2, 0.25) is 0 Å². The summed E-state index contributed by atoms with van der Waals surface area (Å²) in [7, 11) is 0. The van der Waals surface area contributed by atoms with Crippen molar-refractivity contribution >= 4 is 16.8 Å². The monoisotopic (exact) mass is 357 g/mol. The van der Waals surface area contributed by atoms with Crippen molar-refractivity contribution < 1.29 is 4.79 Å². The molecule has 1 amide bonds. The average Bonchev–Trinajstić information content (AvgIpc) is 3.13. The van der Waals surface area contributed by atoms with Crippen LogP contribution in [0.3, 0.4) is 0 Å². The molecule has 0 fully saturated rings. The van der Waals surface area contributed by atoms with Crippen LogP contribution in [-0.2, 0) is 17.6 Å². The molecule has 3 heterocycles. The van der Waals surface area contributed by atoms with Crippen molar-refractivity contribution in [1.82, 2.24) is 25.1 Å². The van der Waals surface area contributed by atoms with E-state index in [1.807, 2.05) is 41.1 Å². The molecule has 27 heavy (non-hydrogen) atoms. The Morgan fingerprint density at radius 3 is 2.67 bits per heavy atom. The predicted molar refractivity (Wildman–Crippen MR) is 104 cm³/mol. The van der Waals surface area contributed by atoms with E-state index in [2.05, 4.69) is 32.5 Å². The minimum Gasteiger partial charge on any atom is -0.355 e. The molecule has 3 aromatic heterocycles. The Kier molecular flexibility index (Phi) is 4.87. The second-order valence-electron chi connectivity index (χ2n) is 6.26. The molecular weight excluding hydrogens is 338 g/mol. The third-order valence-electron chi connectivity index (χ3n) is 4.34. The molecule has 0 atom stereocenters. The van der Waals surface area contributed by atoms with E-state index in [1.165, 1.54) is 5.56 Å². The van der Waals surface area contributed by atoms with Gasteiger partial charge in [0.2, 0.25) is 5.91 Å². The van der Waals surface area contributed by atoms with Crippen LogP contribution in [-0.4, -0.2) is 32.2 Å². The third kappa shape index (κ3) is 4.00. The van der Waals surface area contributed by atoms with Gasteiger partial charge in [0, 0.05) is 24.3 Å². The molecule has 0 unspecified atom stereocenters. The number of nitrogens with one attached hydrogen (secondary N) is 1. The Labute approximate surface area is 156 Å². The topological polar surface area (TPSA) is 72.7 Å². The van der Waals surface area contributed by atoms with Gasteiger partial charge in [-0.2, -0.15) is 5.10 Å². The Morgan fingerprint density at radius 1 is 1.04 bits per heavy atom. The van der Waals surface area contributed by atoms with Crippen molar-refractivity contribution in [2.75, 3.05) is 6.54 Å². The minimum absolute atomic E-state index is 0.0284. The molecule has 4 rings (SSSR count). The first-order valence-corrected chi connectivity index (χ1v) is 8.83. The van der Waals surface area contributed by atoms with Crippen LogP contribution in [0, 0.1) is 0 Å². The summed E-state index contributed by atoms with van der Waals surface area (Å²) >= 11 is 0. The maximum Gasteiger partial charge on any atom is 0.226 e. The van der Waals surface area contributed by atoms with Gasteiger partial charge in [0.15, 0.2) is 0 Å². The first kappa shape index (κ1) is 16.9. The molecular formula is C21H19N5O. The summed E-state index contributed by atoms with van der Waals surface area (Å²) in [6, 6.07) is 15.8. The lowest BCUT2D eigenvalue weighted by Crippen LogP contribution is -2.27. The Morgan fingerprint density at radius 2 is 1.85 bits per heavy atom. The molecule has 0 spiro atoms. The minimum atomic E-state index is -0.0284. The summed E-state index contributed by atoms with van der Waals surface area (Å²) in [5.41, 5.74) is 3.76. The van der Waals surface area contributed by atoms with Crippen LogP contribution in [0.1, 0.15) is 11.3 Å². The number of aromatic nitrogens is 4. The zero-order valence-corrected chi connectivity index (χ0v) is 14.7. The van der Waals surface area contributed by atoms with Crippen LogP contribution in [0.5, 0.6) is 0 Å². The zero-order chi connectivity index (χ0) is 18.5. The number of hydrogen-bond donors (Lipinski definition) is 1. The highest BCUT2D eigenvalue weighted by Gasteiger charge is 2.09. The third-order valence-corrected chi connectivity index (χ3v) is 4.34. The molecule has 0 aliphatic heterocycles. The lowest BCUT2D eigenvalue weighted by atomic mass is 10.1. The highest BCUT2D eigenvalue weighted by atomic mass is 16.1. The number of pyridine rings is 2. The number of hydrogen-bond acceptors (Lipinski definition) is 4. The number of amides is 1. The van der Waals surface area contributed by atoms with Crippen LogP contribution in [0.4, 0.5) is 0 Å². The van der Waals surface area contributed by atoms with Gasteiger partial charge in [-0.25, -0.2) is 4.68 Å². The van der Waals surface area contributed by atoms with Crippen molar-refractivity contribution in [2.24, 2.45) is 0 Å². The van der Waals surface area contributed by atoms with Gasteiger partial charge >= 0.3 is 0 Å². The van der Waals surface area contributed by atoms with Crippen LogP contribution in [0.25, 0.3) is 16.6 Å². The van der Waals surface area contributed by atoms with Gasteiger partial charge < -0.3 is 5.32 Å². The lowest BCUT2D eigenvalue weighted by molar-refractivity contribution is -0.120. The van der Waals surface area contributed by atoms with E-state index in [9.17, 15) is 4.79 Å². The second kappa shape index (κ2) is 7.78. The first-order chi connectivity index (χ1) is 13.3. The number of carbonyl (C=O) groups excluding carboxylic acids is 1.